The molecule has 0 spiro atoms. The Hall–Kier alpha value is -2.54. The highest BCUT2D eigenvalue weighted by Gasteiger charge is 2.13. The number of amides is 1. The first-order valence-electron chi connectivity index (χ1n) is 9.59. The molecule has 0 bridgehead atoms. The lowest BCUT2D eigenvalue weighted by molar-refractivity contribution is -0.120. The van der Waals surface area contributed by atoms with Crippen molar-refractivity contribution in [3.05, 3.63) is 52.0 Å². The molecule has 0 fully saturated rings. The second-order valence-corrected chi connectivity index (χ2v) is 7.33. The standard InChI is InChI=1S/C22H27BrN2O4/c1-5-27-18-9-7-16(8-10-18)13-21(26)25-24-14-17-11-19(23)22(29-15(3)4)20(12-17)28-6-2/h7-12,14-15H,5-6,13H2,1-4H3,(H,25,26)/b24-14-. The summed E-state index contributed by atoms with van der Waals surface area (Å²) in [6.45, 7) is 8.88. The minimum absolute atomic E-state index is 0.0203. The zero-order valence-electron chi connectivity index (χ0n) is 17.2. The molecule has 0 saturated heterocycles. The average molecular weight is 463 g/mol. The van der Waals surface area contributed by atoms with Gasteiger partial charge in [-0.05, 0) is 79.0 Å². The van der Waals surface area contributed by atoms with Gasteiger partial charge in [0, 0.05) is 0 Å². The molecule has 0 saturated carbocycles. The predicted octanol–water partition coefficient (Wildman–Crippen LogP) is 4.73. The summed E-state index contributed by atoms with van der Waals surface area (Å²) < 4.78 is 17.7. The largest absolute Gasteiger partial charge is 0.494 e. The molecular formula is C22H27BrN2O4. The first-order chi connectivity index (χ1) is 13.9. The van der Waals surface area contributed by atoms with Gasteiger partial charge in [-0.3, -0.25) is 4.79 Å². The number of halogens is 1. The van der Waals surface area contributed by atoms with Crippen LogP contribution in [0.3, 0.4) is 0 Å². The summed E-state index contributed by atoms with van der Waals surface area (Å²) in [6, 6.07) is 11.1. The van der Waals surface area contributed by atoms with Gasteiger partial charge in [0.2, 0.25) is 5.91 Å². The van der Waals surface area contributed by atoms with Gasteiger partial charge < -0.3 is 14.2 Å². The molecule has 7 heteroatoms. The number of nitrogens with zero attached hydrogens (tertiary/aromatic N) is 1. The molecule has 0 radical (unpaired) electrons. The number of hydrazone groups is 1. The molecular weight excluding hydrogens is 436 g/mol. The minimum atomic E-state index is -0.200. The fraction of sp³-hybridized carbons (Fsp3) is 0.364. The highest BCUT2D eigenvalue weighted by Crippen LogP contribution is 2.37. The zero-order valence-corrected chi connectivity index (χ0v) is 18.8. The Morgan fingerprint density at radius 3 is 2.45 bits per heavy atom. The third-order valence-corrected chi connectivity index (χ3v) is 4.28. The molecule has 0 unspecified atom stereocenters. The van der Waals surface area contributed by atoms with E-state index in [4.69, 9.17) is 14.2 Å². The second kappa shape index (κ2) is 11.5. The normalized spacial score (nSPS) is 11.0. The Morgan fingerprint density at radius 1 is 1.14 bits per heavy atom. The Labute approximate surface area is 180 Å². The van der Waals surface area contributed by atoms with Crippen molar-refractivity contribution in [1.29, 1.82) is 0 Å². The van der Waals surface area contributed by atoms with Gasteiger partial charge in [0.1, 0.15) is 5.75 Å². The summed E-state index contributed by atoms with van der Waals surface area (Å²) in [5.74, 6) is 1.86. The zero-order chi connectivity index (χ0) is 21.2. The van der Waals surface area contributed by atoms with Gasteiger partial charge in [0.25, 0.3) is 0 Å². The van der Waals surface area contributed by atoms with E-state index in [0.717, 1.165) is 21.3 Å². The van der Waals surface area contributed by atoms with Crippen LogP contribution in [0.1, 0.15) is 38.8 Å². The number of ether oxygens (including phenoxy) is 3. The van der Waals surface area contributed by atoms with E-state index < -0.39 is 0 Å². The molecule has 6 nitrogen and oxygen atoms in total. The SMILES string of the molecule is CCOc1ccc(CC(=O)N/N=C\c2cc(Br)c(OC(C)C)c(OCC)c2)cc1. The van der Waals surface area contributed by atoms with Gasteiger partial charge in [0.05, 0.1) is 36.4 Å². The van der Waals surface area contributed by atoms with Crippen LogP contribution in [0.2, 0.25) is 0 Å². The third kappa shape index (κ3) is 7.42. The highest BCUT2D eigenvalue weighted by molar-refractivity contribution is 9.10. The number of nitrogens with one attached hydrogen (secondary N) is 1. The van der Waals surface area contributed by atoms with Gasteiger partial charge in [-0.25, -0.2) is 5.43 Å². The maximum Gasteiger partial charge on any atom is 0.244 e. The van der Waals surface area contributed by atoms with Crippen LogP contribution in [-0.2, 0) is 11.2 Å². The Morgan fingerprint density at radius 2 is 1.83 bits per heavy atom. The Balaban J connectivity index is 2.00. The molecule has 1 amide bonds. The summed E-state index contributed by atoms with van der Waals surface area (Å²) >= 11 is 3.51. The molecule has 0 aliphatic carbocycles. The minimum Gasteiger partial charge on any atom is -0.494 e. The van der Waals surface area contributed by atoms with Crippen molar-refractivity contribution in [3.63, 3.8) is 0 Å². The average Bonchev–Trinajstić information content (AvgIpc) is 2.66. The van der Waals surface area contributed by atoms with E-state index in [9.17, 15) is 4.79 Å². The smallest absolute Gasteiger partial charge is 0.244 e. The lowest BCUT2D eigenvalue weighted by Gasteiger charge is -2.16. The summed E-state index contributed by atoms with van der Waals surface area (Å²) in [4.78, 5) is 12.1. The molecule has 29 heavy (non-hydrogen) atoms. The number of carbonyl (C=O) groups excluding carboxylic acids is 1. The van der Waals surface area contributed by atoms with Gasteiger partial charge >= 0.3 is 0 Å². The van der Waals surface area contributed by atoms with Gasteiger partial charge in [0.15, 0.2) is 11.5 Å². The second-order valence-electron chi connectivity index (χ2n) is 6.48. The van der Waals surface area contributed by atoms with Crippen molar-refractivity contribution < 1.29 is 19.0 Å². The maximum atomic E-state index is 12.1. The van der Waals surface area contributed by atoms with Gasteiger partial charge in [-0.2, -0.15) is 5.10 Å². The van der Waals surface area contributed by atoms with Crippen molar-refractivity contribution >= 4 is 28.1 Å². The molecule has 0 heterocycles. The van der Waals surface area contributed by atoms with Crippen molar-refractivity contribution in [3.8, 4) is 17.2 Å². The van der Waals surface area contributed by atoms with Crippen LogP contribution in [0, 0.1) is 0 Å². The van der Waals surface area contributed by atoms with E-state index >= 15 is 0 Å². The molecule has 0 atom stereocenters. The first kappa shape index (κ1) is 22.7. The topological polar surface area (TPSA) is 69.2 Å². The molecule has 0 aromatic heterocycles. The molecule has 0 aliphatic rings. The maximum absolute atomic E-state index is 12.1. The number of carbonyl (C=O) groups is 1. The summed E-state index contributed by atoms with van der Waals surface area (Å²) in [5.41, 5.74) is 4.21. The lowest BCUT2D eigenvalue weighted by atomic mass is 10.1. The number of hydrogen-bond donors (Lipinski definition) is 1. The third-order valence-electron chi connectivity index (χ3n) is 3.69. The molecule has 2 aromatic carbocycles. The van der Waals surface area contributed by atoms with Crippen molar-refractivity contribution in [2.45, 2.75) is 40.2 Å². The van der Waals surface area contributed by atoms with E-state index in [-0.39, 0.29) is 18.4 Å². The first-order valence-corrected chi connectivity index (χ1v) is 10.4. The fourth-order valence-electron chi connectivity index (χ4n) is 2.55. The summed E-state index contributed by atoms with van der Waals surface area (Å²) in [6.07, 6.45) is 1.83. The molecule has 2 aromatic rings. The number of benzene rings is 2. The number of hydrogen-bond acceptors (Lipinski definition) is 5. The van der Waals surface area contributed by atoms with E-state index in [1.807, 2.05) is 64.1 Å². The van der Waals surface area contributed by atoms with Crippen LogP contribution in [-0.4, -0.2) is 31.4 Å². The van der Waals surface area contributed by atoms with Crippen molar-refractivity contribution in [2.75, 3.05) is 13.2 Å². The highest BCUT2D eigenvalue weighted by atomic mass is 79.9. The van der Waals surface area contributed by atoms with Gasteiger partial charge in [-0.1, -0.05) is 12.1 Å². The Kier molecular flexibility index (Phi) is 8.99. The quantitative estimate of drug-likeness (QED) is 0.409. The monoisotopic (exact) mass is 462 g/mol. The van der Waals surface area contributed by atoms with Gasteiger partial charge in [-0.15, -0.1) is 0 Å². The van der Waals surface area contributed by atoms with Crippen LogP contribution in [0.5, 0.6) is 17.2 Å². The van der Waals surface area contributed by atoms with Crippen LogP contribution in [0.25, 0.3) is 0 Å². The summed E-state index contributed by atoms with van der Waals surface area (Å²) in [5, 5.41) is 4.05. The predicted molar refractivity (Wildman–Crippen MR) is 118 cm³/mol. The molecule has 156 valence electrons. The van der Waals surface area contributed by atoms with E-state index in [1.54, 1.807) is 6.21 Å². The fourth-order valence-corrected chi connectivity index (χ4v) is 3.10. The van der Waals surface area contributed by atoms with Crippen LogP contribution >= 0.6 is 15.9 Å². The summed E-state index contributed by atoms with van der Waals surface area (Å²) in [7, 11) is 0. The van der Waals surface area contributed by atoms with Crippen LogP contribution < -0.4 is 19.6 Å². The molecule has 2 rings (SSSR count). The van der Waals surface area contributed by atoms with E-state index in [0.29, 0.717) is 24.7 Å². The molecule has 1 N–H and O–H groups in total. The molecule has 0 aliphatic heterocycles. The van der Waals surface area contributed by atoms with Crippen LogP contribution in [0.4, 0.5) is 0 Å². The van der Waals surface area contributed by atoms with Crippen molar-refractivity contribution in [1.82, 2.24) is 5.43 Å². The van der Waals surface area contributed by atoms with E-state index in [1.165, 1.54) is 0 Å². The van der Waals surface area contributed by atoms with Crippen LogP contribution in [0.15, 0.2) is 46.0 Å². The number of rotatable bonds is 10. The van der Waals surface area contributed by atoms with E-state index in [2.05, 4.69) is 26.5 Å². The Bertz CT molecular complexity index is 835. The van der Waals surface area contributed by atoms with Crippen molar-refractivity contribution in [2.24, 2.45) is 5.10 Å². The lowest BCUT2D eigenvalue weighted by Crippen LogP contribution is -2.19.